The van der Waals surface area contributed by atoms with Crippen molar-refractivity contribution in [1.82, 2.24) is 9.38 Å². The van der Waals surface area contributed by atoms with Crippen molar-refractivity contribution >= 4 is 38.5 Å². The second-order valence-corrected chi connectivity index (χ2v) is 9.01. The molecule has 156 valence electrons. The lowest BCUT2D eigenvalue weighted by Gasteiger charge is -2.12. The molecule has 3 heteroatoms. The van der Waals surface area contributed by atoms with Gasteiger partial charge in [-0.25, -0.2) is 4.57 Å². The van der Waals surface area contributed by atoms with E-state index in [-0.39, 0.29) is 0 Å². The highest BCUT2D eigenvalue weighted by Gasteiger charge is 2.25. The molecule has 0 spiro atoms. The summed E-state index contributed by atoms with van der Waals surface area (Å²) in [6.07, 6.45) is 0. The minimum Gasteiger partial charge on any atom is -0.252 e. The van der Waals surface area contributed by atoms with Crippen molar-refractivity contribution in [1.29, 1.82) is 0 Å². The van der Waals surface area contributed by atoms with Crippen LogP contribution in [0.4, 0.5) is 0 Å². The number of nitrogens with zero attached hydrogens (tertiary/aromatic N) is 3. The summed E-state index contributed by atoms with van der Waals surface area (Å²) in [6.45, 7) is 8.68. The van der Waals surface area contributed by atoms with E-state index in [2.05, 4.69) is 110 Å². The Morgan fingerprint density at radius 1 is 0.750 bits per heavy atom. The molecule has 0 saturated carbocycles. The molecule has 0 unspecified atom stereocenters. The summed E-state index contributed by atoms with van der Waals surface area (Å²) in [5.41, 5.74) is 13.4. The maximum atomic E-state index is 5.08. The first-order chi connectivity index (χ1) is 15.5. The van der Waals surface area contributed by atoms with Gasteiger partial charge in [-0.05, 0) is 85.8 Å². The fourth-order valence-electron chi connectivity index (χ4n) is 5.50. The Labute approximate surface area is 187 Å². The molecule has 0 N–H and O–H groups in total. The first-order valence-electron chi connectivity index (χ1n) is 11.1. The second kappa shape index (κ2) is 6.64. The molecule has 3 aromatic heterocycles. The van der Waals surface area contributed by atoms with Crippen molar-refractivity contribution in [2.24, 2.45) is 7.05 Å². The first kappa shape index (κ1) is 19.0. The average molecular weight is 417 g/mol. The lowest BCUT2D eigenvalue weighted by molar-refractivity contribution is -0.617. The van der Waals surface area contributed by atoms with Crippen LogP contribution in [-0.4, -0.2) is 9.38 Å². The third-order valence-electron chi connectivity index (χ3n) is 6.84. The van der Waals surface area contributed by atoms with Gasteiger partial charge in [0.2, 0.25) is 0 Å². The summed E-state index contributed by atoms with van der Waals surface area (Å²) in [4.78, 5) is 5.08. The van der Waals surface area contributed by atoms with Crippen LogP contribution in [0.3, 0.4) is 0 Å². The zero-order valence-electron chi connectivity index (χ0n) is 19.2. The molecule has 3 nitrogen and oxygen atoms in total. The molecule has 6 rings (SSSR count). The number of imidazole rings is 1. The largest absolute Gasteiger partial charge is 0.297 e. The van der Waals surface area contributed by atoms with Gasteiger partial charge in [0, 0.05) is 11.1 Å². The van der Waals surface area contributed by atoms with Crippen LogP contribution in [0.15, 0.2) is 66.7 Å². The molecule has 0 radical (unpaired) electrons. The van der Waals surface area contributed by atoms with Gasteiger partial charge in [0.25, 0.3) is 5.65 Å². The first-order valence-corrected chi connectivity index (χ1v) is 11.1. The molecule has 0 fully saturated rings. The predicted octanol–water partition coefficient (Wildman–Crippen LogP) is 6.52. The third kappa shape index (κ3) is 2.48. The van der Waals surface area contributed by atoms with Crippen LogP contribution in [0.25, 0.3) is 49.6 Å². The van der Waals surface area contributed by atoms with Gasteiger partial charge in [0.05, 0.1) is 18.0 Å². The van der Waals surface area contributed by atoms with Crippen LogP contribution in [-0.2, 0) is 7.05 Å². The molecule has 32 heavy (non-hydrogen) atoms. The summed E-state index contributed by atoms with van der Waals surface area (Å²) < 4.78 is 4.71. The Hall–Kier alpha value is -3.72. The van der Waals surface area contributed by atoms with Crippen molar-refractivity contribution in [2.75, 3.05) is 0 Å². The van der Waals surface area contributed by atoms with Crippen LogP contribution in [0, 0.1) is 27.7 Å². The highest BCUT2D eigenvalue weighted by atomic mass is 15.1. The molecule has 0 aliphatic rings. The number of hydrogen-bond donors (Lipinski definition) is 0. The van der Waals surface area contributed by atoms with E-state index in [9.17, 15) is 0 Å². The summed E-state index contributed by atoms with van der Waals surface area (Å²) in [7, 11) is 2.16. The van der Waals surface area contributed by atoms with E-state index in [0.717, 1.165) is 11.2 Å². The van der Waals surface area contributed by atoms with Gasteiger partial charge in [0.15, 0.2) is 11.0 Å². The maximum absolute atomic E-state index is 5.08. The van der Waals surface area contributed by atoms with Crippen molar-refractivity contribution in [3.8, 4) is 11.1 Å². The number of fused-ring (bicyclic) bond motifs is 8. The summed E-state index contributed by atoms with van der Waals surface area (Å²) >= 11 is 0. The molecular weight excluding hydrogens is 390 g/mol. The van der Waals surface area contributed by atoms with Gasteiger partial charge in [-0.15, -0.1) is 0 Å². The van der Waals surface area contributed by atoms with Crippen LogP contribution < -0.4 is 4.57 Å². The summed E-state index contributed by atoms with van der Waals surface area (Å²) in [6, 6.07) is 24.2. The number of rotatable bonds is 1. The predicted molar refractivity (Wildman–Crippen MR) is 133 cm³/mol. The van der Waals surface area contributed by atoms with E-state index >= 15 is 0 Å². The van der Waals surface area contributed by atoms with E-state index in [1.165, 1.54) is 60.8 Å². The van der Waals surface area contributed by atoms with Crippen molar-refractivity contribution in [2.45, 2.75) is 27.7 Å². The van der Waals surface area contributed by atoms with E-state index in [1.807, 2.05) is 0 Å². The van der Waals surface area contributed by atoms with Crippen LogP contribution in [0.5, 0.6) is 0 Å². The minimum atomic E-state index is 1.05. The second-order valence-electron chi connectivity index (χ2n) is 9.01. The monoisotopic (exact) mass is 416 g/mol. The van der Waals surface area contributed by atoms with Gasteiger partial charge in [-0.2, -0.15) is 4.40 Å². The third-order valence-corrected chi connectivity index (χ3v) is 6.84. The van der Waals surface area contributed by atoms with Gasteiger partial charge in [0.1, 0.15) is 5.52 Å². The molecule has 0 aliphatic carbocycles. The Morgan fingerprint density at radius 2 is 1.50 bits per heavy atom. The number of benzene rings is 3. The van der Waals surface area contributed by atoms with E-state index < -0.39 is 0 Å². The van der Waals surface area contributed by atoms with Crippen LogP contribution >= 0.6 is 0 Å². The van der Waals surface area contributed by atoms with Crippen LogP contribution in [0.2, 0.25) is 0 Å². The molecule has 3 heterocycles. The number of aromatic nitrogens is 3. The zero-order valence-corrected chi connectivity index (χ0v) is 19.2. The maximum Gasteiger partial charge on any atom is 0.297 e. The smallest absolute Gasteiger partial charge is 0.252 e. The molecule has 0 amide bonds. The van der Waals surface area contributed by atoms with Crippen molar-refractivity contribution in [3.05, 3.63) is 89.1 Å². The summed E-state index contributed by atoms with van der Waals surface area (Å²) in [5.74, 6) is 0. The normalized spacial score (nSPS) is 11.9. The zero-order chi connectivity index (χ0) is 22.1. The molecular formula is C29H26N3+. The Bertz CT molecular complexity index is 1700. The quantitative estimate of drug-likeness (QED) is 0.221. The minimum absolute atomic E-state index is 1.05. The van der Waals surface area contributed by atoms with Gasteiger partial charge in [-0.3, -0.25) is 4.98 Å². The highest BCUT2D eigenvalue weighted by Crippen LogP contribution is 2.36. The van der Waals surface area contributed by atoms with Gasteiger partial charge >= 0.3 is 0 Å². The number of para-hydroxylation sites is 2. The lowest BCUT2D eigenvalue weighted by Crippen LogP contribution is -2.27. The number of hydrogen-bond acceptors (Lipinski definition) is 1. The number of pyridine rings is 2. The molecule has 0 bridgehead atoms. The molecule has 0 saturated heterocycles. The lowest BCUT2D eigenvalue weighted by atomic mass is 9.94. The standard InChI is InChI=1S/C29H26N3/c1-17-9-8-10-18(2)26(17)21-13-14-23-22(16-21)28-27(19(3)15-20(4)30-28)29-31(5)24-11-6-7-12-25(24)32(23)29/h6-16H,1-5H3/q+1. The topological polar surface area (TPSA) is 21.2 Å². The average Bonchev–Trinajstić information content (AvgIpc) is 3.06. The Morgan fingerprint density at radius 3 is 2.28 bits per heavy atom. The van der Waals surface area contributed by atoms with Gasteiger partial charge in [-0.1, -0.05) is 36.4 Å². The highest BCUT2D eigenvalue weighted by molar-refractivity contribution is 6.12. The van der Waals surface area contributed by atoms with E-state index in [1.54, 1.807) is 0 Å². The Kier molecular flexibility index (Phi) is 3.94. The molecule has 6 aromatic rings. The summed E-state index contributed by atoms with van der Waals surface area (Å²) in [5, 5.41) is 2.42. The van der Waals surface area contributed by atoms with E-state index in [4.69, 9.17) is 4.98 Å². The SMILES string of the molecule is Cc1cc(C)c2c(n1)c1cc(-c3c(C)cccc3C)ccc1n1c3ccccc3[n+](C)c21. The fraction of sp³-hybridized carbons (Fsp3) is 0.172. The fourth-order valence-corrected chi connectivity index (χ4v) is 5.50. The molecule has 3 aromatic carbocycles. The van der Waals surface area contributed by atoms with Crippen molar-refractivity contribution in [3.63, 3.8) is 0 Å². The van der Waals surface area contributed by atoms with E-state index in [0.29, 0.717) is 0 Å². The molecule has 0 aliphatic heterocycles. The molecule has 0 atom stereocenters. The Balaban J connectivity index is 1.89. The van der Waals surface area contributed by atoms with Crippen LogP contribution in [0.1, 0.15) is 22.4 Å². The van der Waals surface area contributed by atoms with Crippen molar-refractivity contribution < 1.29 is 4.57 Å². The van der Waals surface area contributed by atoms with Gasteiger partial charge < -0.3 is 0 Å². The number of aryl methyl sites for hydroxylation is 5.